The maximum atomic E-state index is 4.66. The first kappa shape index (κ1) is 11.5. The molecule has 0 saturated heterocycles. The Hall–Kier alpha value is -1.57. The van der Waals surface area contributed by atoms with Crippen LogP contribution in [0, 0.1) is 5.41 Å². The minimum Gasteiger partial charge on any atom is -0.370 e. The fraction of sp³-hybridized carbons (Fsp3) is 0.438. The third-order valence-electron chi connectivity index (χ3n) is 4.11. The molecule has 1 aliphatic carbocycles. The van der Waals surface area contributed by atoms with Gasteiger partial charge in [-0.3, -0.25) is 0 Å². The van der Waals surface area contributed by atoms with E-state index in [0.717, 1.165) is 17.9 Å². The third-order valence-corrected chi connectivity index (χ3v) is 4.11. The number of para-hydroxylation sites is 1. The summed E-state index contributed by atoms with van der Waals surface area (Å²) in [4.78, 5) is 4.66. The van der Waals surface area contributed by atoms with E-state index in [4.69, 9.17) is 0 Å². The number of hydrogen-bond acceptors (Lipinski definition) is 2. The third kappa shape index (κ3) is 2.33. The highest BCUT2D eigenvalue weighted by Gasteiger charge is 2.28. The van der Waals surface area contributed by atoms with Crippen molar-refractivity contribution in [2.24, 2.45) is 5.41 Å². The summed E-state index contributed by atoms with van der Waals surface area (Å²) >= 11 is 0. The maximum Gasteiger partial charge on any atom is 0.126 e. The number of rotatable bonds is 3. The summed E-state index contributed by atoms with van der Waals surface area (Å²) in [7, 11) is 0. The van der Waals surface area contributed by atoms with Crippen LogP contribution in [-0.2, 0) is 0 Å². The van der Waals surface area contributed by atoms with Crippen LogP contribution in [0.15, 0.2) is 36.4 Å². The lowest BCUT2D eigenvalue weighted by molar-refractivity contribution is 0.361. The monoisotopic (exact) mass is 240 g/mol. The van der Waals surface area contributed by atoms with Crippen molar-refractivity contribution in [1.82, 2.24) is 4.98 Å². The lowest BCUT2D eigenvalue weighted by Gasteiger charge is -2.24. The topological polar surface area (TPSA) is 24.9 Å². The summed E-state index contributed by atoms with van der Waals surface area (Å²) in [5.74, 6) is 1.00. The van der Waals surface area contributed by atoms with Crippen LogP contribution in [0.1, 0.15) is 32.6 Å². The Labute approximate surface area is 108 Å². The zero-order valence-electron chi connectivity index (χ0n) is 10.9. The number of anilines is 1. The quantitative estimate of drug-likeness (QED) is 0.868. The highest BCUT2D eigenvalue weighted by molar-refractivity contribution is 5.80. The summed E-state index contributed by atoms with van der Waals surface area (Å²) in [5, 5.41) is 4.71. The van der Waals surface area contributed by atoms with Gasteiger partial charge in [0.15, 0.2) is 0 Å². The van der Waals surface area contributed by atoms with Gasteiger partial charge in [-0.05, 0) is 36.5 Å². The maximum absolute atomic E-state index is 4.66. The van der Waals surface area contributed by atoms with Crippen molar-refractivity contribution in [3.05, 3.63) is 36.4 Å². The summed E-state index contributed by atoms with van der Waals surface area (Å²) < 4.78 is 0. The molecule has 1 N–H and O–H groups in total. The molecule has 94 valence electrons. The van der Waals surface area contributed by atoms with Gasteiger partial charge in [0.1, 0.15) is 5.82 Å². The van der Waals surface area contributed by atoms with E-state index in [1.807, 2.05) is 6.07 Å². The number of nitrogens with one attached hydrogen (secondary N) is 1. The fourth-order valence-corrected chi connectivity index (χ4v) is 2.87. The van der Waals surface area contributed by atoms with Gasteiger partial charge in [0.25, 0.3) is 0 Å². The molecule has 1 heterocycles. The Morgan fingerprint density at radius 1 is 1.11 bits per heavy atom. The van der Waals surface area contributed by atoms with Gasteiger partial charge in [-0.15, -0.1) is 0 Å². The lowest BCUT2D eigenvalue weighted by Crippen LogP contribution is -2.23. The predicted molar refractivity (Wildman–Crippen MR) is 76.8 cm³/mol. The minimum atomic E-state index is 0.466. The molecule has 0 atom stereocenters. The first-order valence-electron chi connectivity index (χ1n) is 6.85. The Balaban J connectivity index is 1.74. The molecule has 0 spiro atoms. The van der Waals surface area contributed by atoms with E-state index < -0.39 is 0 Å². The molecule has 0 unspecified atom stereocenters. The Morgan fingerprint density at radius 3 is 2.72 bits per heavy atom. The van der Waals surface area contributed by atoms with Gasteiger partial charge >= 0.3 is 0 Å². The second-order valence-electron chi connectivity index (χ2n) is 5.76. The van der Waals surface area contributed by atoms with E-state index in [-0.39, 0.29) is 0 Å². The Kier molecular flexibility index (Phi) is 2.94. The summed E-state index contributed by atoms with van der Waals surface area (Å²) in [5.41, 5.74) is 1.53. The van der Waals surface area contributed by atoms with Crippen molar-refractivity contribution < 1.29 is 0 Å². The van der Waals surface area contributed by atoms with E-state index in [9.17, 15) is 0 Å². The zero-order chi connectivity index (χ0) is 12.4. The van der Waals surface area contributed by atoms with Crippen LogP contribution in [0.4, 0.5) is 5.82 Å². The number of aromatic nitrogens is 1. The van der Waals surface area contributed by atoms with E-state index in [2.05, 4.69) is 47.6 Å². The smallest absolute Gasteiger partial charge is 0.126 e. The largest absolute Gasteiger partial charge is 0.370 e. The molecule has 0 aliphatic heterocycles. The summed E-state index contributed by atoms with van der Waals surface area (Å²) in [6.07, 6.45) is 5.44. The first-order valence-corrected chi connectivity index (χ1v) is 6.85. The molecule has 1 aliphatic rings. The Bertz CT molecular complexity index is 542. The molecular formula is C16H20N2. The van der Waals surface area contributed by atoms with Gasteiger partial charge in [-0.25, -0.2) is 4.98 Å². The van der Waals surface area contributed by atoms with Gasteiger partial charge in [-0.2, -0.15) is 0 Å². The van der Waals surface area contributed by atoms with Crippen LogP contribution in [0.25, 0.3) is 10.9 Å². The second-order valence-corrected chi connectivity index (χ2v) is 5.76. The number of pyridine rings is 1. The van der Waals surface area contributed by atoms with Crippen LogP contribution >= 0.6 is 0 Å². The number of nitrogens with zero attached hydrogens (tertiary/aromatic N) is 1. The fourth-order valence-electron chi connectivity index (χ4n) is 2.87. The van der Waals surface area contributed by atoms with E-state index in [0.29, 0.717) is 5.41 Å². The van der Waals surface area contributed by atoms with Gasteiger partial charge in [0.05, 0.1) is 5.52 Å². The molecule has 0 radical (unpaired) electrons. The van der Waals surface area contributed by atoms with Gasteiger partial charge < -0.3 is 5.32 Å². The summed E-state index contributed by atoms with van der Waals surface area (Å²) in [6, 6.07) is 12.5. The van der Waals surface area contributed by atoms with Gasteiger partial charge in [-0.1, -0.05) is 38.0 Å². The van der Waals surface area contributed by atoms with Crippen LogP contribution < -0.4 is 5.32 Å². The highest BCUT2D eigenvalue weighted by Crippen LogP contribution is 2.37. The van der Waals surface area contributed by atoms with Gasteiger partial charge in [0.2, 0.25) is 0 Å². The average Bonchev–Trinajstić information content (AvgIpc) is 2.84. The van der Waals surface area contributed by atoms with Crippen molar-refractivity contribution in [2.45, 2.75) is 32.6 Å². The lowest BCUT2D eigenvalue weighted by atomic mass is 9.89. The molecule has 1 saturated carbocycles. The van der Waals surface area contributed by atoms with Gasteiger partial charge in [0, 0.05) is 11.9 Å². The van der Waals surface area contributed by atoms with Crippen molar-refractivity contribution in [1.29, 1.82) is 0 Å². The molecule has 18 heavy (non-hydrogen) atoms. The minimum absolute atomic E-state index is 0.466. The Morgan fingerprint density at radius 2 is 1.89 bits per heavy atom. The molecule has 2 aromatic rings. The second kappa shape index (κ2) is 4.60. The average molecular weight is 240 g/mol. The van der Waals surface area contributed by atoms with Crippen molar-refractivity contribution in [2.75, 3.05) is 11.9 Å². The van der Waals surface area contributed by atoms with Crippen LogP contribution in [-0.4, -0.2) is 11.5 Å². The normalized spacial score (nSPS) is 18.1. The molecule has 2 heteroatoms. The molecule has 2 nitrogen and oxygen atoms in total. The predicted octanol–water partition coefficient (Wildman–Crippen LogP) is 4.23. The summed E-state index contributed by atoms with van der Waals surface area (Å²) in [6.45, 7) is 3.42. The highest BCUT2D eigenvalue weighted by atomic mass is 15.0. The van der Waals surface area contributed by atoms with E-state index in [1.165, 1.54) is 31.1 Å². The first-order chi connectivity index (χ1) is 8.75. The molecule has 1 aromatic heterocycles. The number of hydrogen-bond donors (Lipinski definition) is 1. The standard InChI is InChI=1S/C16H20N2/c1-16(10-4-5-11-16)12-17-15-9-8-13-6-2-3-7-14(13)18-15/h2-3,6-9H,4-5,10-12H2,1H3,(H,17,18). The molecule has 3 rings (SSSR count). The van der Waals surface area contributed by atoms with Crippen molar-refractivity contribution >= 4 is 16.7 Å². The number of fused-ring (bicyclic) bond motifs is 1. The molecule has 1 aromatic carbocycles. The van der Waals surface area contributed by atoms with Crippen LogP contribution in [0.2, 0.25) is 0 Å². The molecule has 0 amide bonds. The van der Waals surface area contributed by atoms with Crippen molar-refractivity contribution in [3.63, 3.8) is 0 Å². The molecule has 0 bridgehead atoms. The van der Waals surface area contributed by atoms with Crippen LogP contribution in [0.5, 0.6) is 0 Å². The number of benzene rings is 1. The van der Waals surface area contributed by atoms with Crippen molar-refractivity contribution in [3.8, 4) is 0 Å². The SMILES string of the molecule is CC1(CNc2ccc3ccccc3n2)CCCC1. The van der Waals surface area contributed by atoms with E-state index in [1.54, 1.807) is 0 Å². The molecule has 1 fully saturated rings. The van der Waals surface area contributed by atoms with Crippen LogP contribution in [0.3, 0.4) is 0 Å². The zero-order valence-corrected chi connectivity index (χ0v) is 10.9. The van der Waals surface area contributed by atoms with E-state index >= 15 is 0 Å². The molecular weight excluding hydrogens is 220 g/mol.